The van der Waals surface area contributed by atoms with E-state index in [4.69, 9.17) is 4.99 Å². The van der Waals surface area contributed by atoms with Crippen LogP contribution in [0.2, 0.25) is 0 Å². The third-order valence-corrected chi connectivity index (χ3v) is 5.97. The van der Waals surface area contributed by atoms with Gasteiger partial charge in [0.2, 0.25) is 11.8 Å². The maximum atomic E-state index is 13.2. The fraction of sp³-hybridized carbons (Fsp3) is 0.667. The standard InChI is InChI=1S/C21H29N3O2/c25-20(16-11-12-16)23-13-6-7-17(15-23)21(26)24-14-5-4-10-19(24)22-18-8-2-1-3-9-18/h4-5,10,14,16-18H,1-3,6-9,11-13,15H2/t17-/m0/s1. The Bertz CT molecular complexity index is 729. The summed E-state index contributed by atoms with van der Waals surface area (Å²) >= 11 is 0. The predicted octanol–water partition coefficient (Wildman–Crippen LogP) is 3.01. The summed E-state index contributed by atoms with van der Waals surface area (Å²) in [6.07, 6.45) is 11.7. The molecule has 5 heteroatoms. The molecule has 0 N–H and O–H groups in total. The maximum Gasteiger partial charge on any atom is 0.237 e. The largest absolute Gasteiger partial charge is 0.342 e. The number of piperidine rings is 1. The van der Waals surface area contributed by atoms with Crippen molar-refractivity contribution in [2.75, 3.05) is 13.1 Å². The number of pyridine rings is 1. The summed E-state index contributed by atoms with van der Waals surface area (Å²) in [5, 5.41) is 0. The Labute approximate surface area is 155 Å². The van der Waals surface area contributed by atoms with E-state index in [1.54, 1.807) is 4.57 Å². The van der Waals surface area contributed by atoms with Gasteiger partial charge in [0.25, 0.3) is 0 Å². The summed E-state index contributed by atoms with van der Waals surface area (Å²) in [4.78, 5) is 32.4. The molecule has 140 valence electrons. The summed E-state index contributed by atoms with van der Waals surface area (Å²) in [7, 11) is 0. The fourth-order valence-electron chi connectivity index (χ4n) is 4.29. The minimum atomic E-state index is -0.112. The highest BCUT2D eigenvalue weighted by molar-refractivity contribution is 5.84. The molecule has 0 aromatic carbocycles. The van der Waals surface area contributed by atoms with E-state index in [-0.39, 0.29) is 23.7 Å². The van der Waals surface area contributed by atoms with E-state index in [1.807, 2.05) is 29.3 Å². The van der Waals surface area contributed by atoms with E-state index in [1.165, 1.54) is 19.3 Å². The van der Waals surface area contributed by atoms with E-state index in [0.717, 1.165) is 50.6 Å². The summed E-state index contributed by atoms with van der Waals surface area (Å²) in [6.45, 7) is 1.37. The first-order valence-corrected chi connectivity index (χ1v) is 10.3. The summed E-state index contributed by atoms with van der Waals surface area (Å²) in [5.41, 5.74) is 0.773. The third-order valence-electron chi connectivity index (χ3n) is 5.97. The Balaban J connectivity index is 1.52. The fourth-order valence-corrected chi connectivity index (χ4v) is 4.29. The molecule has 26 heavy (non-hydrogen) atoms. The van der Waals surface area contributed by atoms with E-state index in [2.05, 4.69) is 0 Å². The molecule has 5 nitrogen and oxygen atoms in total. The summed E-state index contributed by atoms with van der Waals surface area (Å²) < 4.78 is 1.73. The van der Waals surface area contributed by atoms with Crippen molar-refractivity contribution in [2.45, 2.75) is 63.8 Å². The molecule has 3 aliphatic rings. The zero-order valence-electron chi connectivity index (χ0n) is 15.5. The van der Waals surface area contributed by atoms with Crippen LogP contribution in [0, 0.1) is 11.8 Å². The van der Waals surface area contributed by atoms with Crippen LogP contribution >= 0.6 is 0 Å². The molecule has 0 radical (unpaired) electrons. The lowest BCUT2D eigenvalue weighted by Crippen LogP contribution is -2.45. The molecule has 1 atom stereocenters. The van der Waals surface area contributed by atoms with Crippen molar-refractivity contribution in [3.63, 3.8) is 0 Å². The van der Waals surface area contributed by atoms with Crippen LogP contribution in [0.5, 0.6) is 0 Å². The van der Waals surface area contributed by atoms with E-state index in [0.29, 0.717) is 12.6 Å². The number of likely N-dealkylation sites (tertiary alicyclic amines) is 1. The summed E-state index contributed by atoms with van der Waals surface area (Å²) in [6, 6.07) is 6.13. The van der Waals surface area contributed by atoms with Gasteiger partial charge < -0.3 is 4.90 Å². The summed E-state index contributed by atoms with van der Waals surface area (Å²) in [5.74, 6) is 0.463. The molecular weight excluding hydrogens is 326 g/mol. The number of aromatic nitrogens is 1. The van der Waals surface area contributed by atoms with Gasteiger partial charge in [-0.1, -0.05) is 25.3 Å². The molecule has 1 aromatic heterocycles. The molecule has 3 fully saturated rings. The van der Waals surface area contributed by atoms with Crippen LogP contribution in [0.3, 0.4) is 0 Å². The lowest BCUT2D eigenvalue weighted by molar-refractivity contribution is -0.134. The van der Waals surface area contributed by atoms with Crippen LogP contribution in [0.4, 0.5) is 0 Å². The van der Waals surface area contributed by atoms with E-state index >= 15 is 0 Å². The predicted molar refractivity (Wildman–Crippen MR) is 99.5 cm³/mol. The zero-order valence-corrected chi connectivity index (χ0v) is 15.5. The second-order valence-electron chi connectivity index (χ2n) is 8.09. The van der Waals surface area contributed by atoms with Gasteiger partial charge in [0.15, 0.2) is 0 Å². The maximum absolute atomic E-state index is 13.2. The number of hydrogen-bond acceptors (Lipinski definition) is 3. The van der Waals surface area contributed by atoms with Gasteiger partial charge >= 0.3 is 0 Å². The smallest absolute Gasteiger partial charge is 0.237 e. The molecule has 2 heterocycles. The lowest BCUT2D eigenvalue weighted by Gasteiger charge is -2.32. The van der Waals surface area contributed by atoms with Gasteiger partial charge in [-0.05, 0) is 50.7 Å². The molecule has 1 saturated heterocycles. The Morgan fingerprint density at radius 2 is 1.69 bits per heavy atom. The molecule has 1 aromatic rings. The van der Waals surface area contributed by atoms with Gasteiger partial charge in [-0.2, -0.15) is 0 Å². The number of rotatable bonds is 3. The SMILES string of the molecule is O=C(C1CC1)N1CCC[C@H](C(=O)n2ccccc2=NC2CCCCC2)C1. The van der Waals surface area contributed by atoms with Crippen molar-refractivity contribution in [3.8, 4) is 0 Å². The Morgan fingerprint density at radius 3 is 2.46 bits per heavy atom. The van der Waals surface area contributed by atoms with Gasteiger partial charge in [0.05, 0.1) is 12.0 Å². The highest BCUT2D eigenvalue weighted by Gasteiger charge is 2.37. The first-order valence-electron chi connectivity index (χ1n) is 10.3. The molecular formula is C21H29N3O2. The Kier molecular flexibility index (Phi) is 5.23. The van der Waals surface area contributed by atoms with E-state index < -0.39 is 0 Å². The topological polar surface area (TPSA) is 54.7 Å². The van der Waals surface area contributed by atoms with E-state index in [9.17, 15) is 9.59 Å². The zero-order chi connectivity index (χ0) is 17.9. The minimum absolute atomic E-state index is 0.0912. The molecule has 2 aliphatic carbocycles. The van der Waals surface area contributed by atoms with Crippen molar-refractivity contribution in [3.05, 3.63) is 29.9 Å². The second kappa shape index (κ2) is 7.77. The second-order valence-corrected chi connectivity index (χ2v) is 8.09. The van der Waals surface area contributed by atoms with Crippen LogP contribution in [-0.4, -0.2) is 40.4 Å². The van der Waals surface area contributed by atoms with Gasteiger partial charge in [-0.25, -0.2) is 0 Å². The average molecular weight is 355 g/mol. The molecule has 0 spiro atoms. The third kappa shape index (κ3) is 3.92. The number of amides is 1. The van der Waals surface area contributed by atoms with Crippen molar-refractivity contribution in [1.29, 1.82) is 0 Å². The van der Waals surface area contributed by atoms with Crippen LogP contribution in [-0.2, 0) is 4.79 Å². The highest BCUT2D eigenvalue weighted by Crippen LogP contribution is 2.32. The van der Waals surface area contributed by atoms with Crippen LogP contribution in [0.15, 0.2) is 29.4 Å². The quantitative estimate of drug-likeness (QED) is 0.837. The normalized spacial score (nSPS) is 25.3. The number of carbonyl (C=O) groups is 2. The first kappa shape index (κ1) is 17.5. The van der Waals surface area contributed by atoms with Crippen LogP contribution < -0.4 is 5.49 Å². The average Bonchev–Trinajstić information content (AvgIpc) is 3.53. The van der Waals surface area contributed by atoms with Crippen molar-refractivity contribution in [2.24, 2.45) is 16.8 Å². The van der Waals surface area contributed by atoms with Crippen LogP contribution in [0.25, 0.3) is 0 Å². The monoisotopic (exact) mass is 355 g/mol. The first-order chi connectivity index (χ1) is 12.7. The van der Waals surface area contributed by atoms with Crippen molar-refractivity contribution >= 4 is 11.8 Å². The van der Waals surface area contributed by atoms with Crippen molar-refractivity contribution < 1.29 is 9.59 Å². The minimum Gasteiger partial charge on any atom is -0.342 e. The molecule has 0 unspecified atom stereocenters. The van der Waals surface area contributed by atoms with Gasteiger partial charge in [-0.15, -0.1) is 0 Å². The molecule has 1 amide bonds. The Hall–Kier alpha value is -1.91. The number of hydrogen-bond donors (Lipinski definition) is 0. The van der Waals surface area contributed by atoms with Crippen molar-refractivity contribution in [1.82, 2.24) is 9.47 Å². The van der Waals surface area contributed by atoms with Crippen LogP contribution in [0.1, 0.15) is 62.6 Å². The van der Waals surface area contributed by atoms with Gasteiger partial charge in [0, 0.05) is 25.2 Å². The van der Waals surface area contributed by atoms with Gasteiger partial charge in [0.1, 0.15) is 5.49 Å². The lowest BCUT2D eigenvalue weighted by atomic mass is 9.96. The number of carbonyl (C=O) groups excluding carboxylic acids is 2. The van der Waals surface area contributed by atoms with Gasteiger partial charge in [-0.3, -0.25) is 19.1 Å². The Morgan fingerprint density at radius 1 is 0.885 bits per heavy atom. The molecule has 4 rings (SSSR count). The number of nitrogens with zero attached hydrogens (tertiary/aromatic N) is 3. The molecule has 2 saturated carbocycles. The highest BCUT2D eigenvalue weighted by atomic mass is 16.2. The molecule has 1 aliphatic heterocycles. The molecule has 0 bridgehead atoms.